The van der Waals surface area contributed by atoms with E-state index in [0.29, 0.717) is 11.1 Å². The van der Waals surface area contributed by atoms with Gasteiger partial charge in [-0.1, -0.05) is 5.16 Å². The summed E-state index contributed by atoms with van der Waals surface area (Å²) in [7, 11) is 0. The lowest BCUT2D eigenvalue weighted by Gasteiger charge is -2.26. The molecule has 0 heterocycles. The van der Waals surface area contributed by atoms with E-state index in [4.69, 9.17) is 10.9 Å². The second kappa shape index (κ2) is 6.17. The van der Waals surface area contributed by atoms with Crippen molar-refractivity contribution in [2.45, 2.75) is 26.8 Å². The first kappa shape index (κ1) is 14.9. The minimum Gasteiger partial charge on any atom is -0.409 e. The molecule has 0 radical (unpaired) electrons. The Bertz CT molecular complexity index is 501. The average Bonchev–Trinajstić information content (AvgIpc) is 2.37. The maximum atomic E-state index is 13.2. The van der Waals surface area contributed by atoms with Gasteiger partial charge in [0.2, 0.25) is 0 Å². The van der Waals surface area contributed by atoms with Gasteiger partial charge in [0.05, 0.1) is 6.54 Å². The SMILES string of the molecule is Cc1cc(C(=O)N(CC(N)=NO)C(C)C)ccc1F. The topological polar surface area (TPSA) is 78.9 Å². The van der Waals surface area contributed by atoms with Crippen LogP contribution in [0.15, 0.2) is 23.4 Å². The van der Waals surface area contributed by atoms with Crippen LogP contribution in [0.4, 0.5) is 4.39 Å². The number of oxime groups is 1. The average molecular weight is 267 g/mol. The summed E-state index contributed by atoms with van der Waals surface area (Å²) in [5.41, 5.74) is 6.20. The van der Waals surface area contributed by atoms with Crippen LogP contribution in [-0.2, 0) is 0 Å². The summed E-state index contributed by atoms with van der Waals surface area (Å²) in [5, 5.41) is 11.4. The zero-order valence-electron chi connectivity index (χ0n) is 11.2. The molecule has 0 aliphatic heterocycles. The van der Waals surface area contributed by atoms with E-state index in [0.717, 1.165) is 0 Å². The summed E-state index contributed by atoms with van der Waals surface area (Å²) in [6, 6.07) is 4.04. The summed E-state index contributed by atoms with van der Waals surface area (Å²) in [5.74, 6) is -0.699. The van der Waals surface area contributed by atoms with Gasteiger partial charge < -0.3 is 15.8 Å². The summed E-state index contributed by atoms with van der Waals surface area (Å²) >= 11 is 0. The molecule has 5 nitrogen and oxygen atoms in total. The van der Waals surface area contributed by atoms with E-state index in [1.807, 2.05) is 13.8 Å². The summed E-state index contributed by atoms with van der Waals surface area (Å²) in [6.07, 6.45) is 0. The number of amides is 1. The first-order chi connectivity index (χ1) is 8.86. The third-order valence-corrected chi connectivity index (χ3v) is 2.75. The third kappa shape index (κ3) is 3.67. The highest BCUT2D eigenvalue weighted by Crippen LogP contribution is 2.13. The van der Waals surface area contributed by atoms with Crippen molar-refractivity contribution in [3.8, 4) is 0 Å². The van der Waals surface area contributed by atoms with Crippen LogP contribution >= 0.6 is 0 Å². The molecule has 3 N–H and O–H groups in total. The molecule has 1 aromatic carbocycles. The number of aryl methyl sites for hydroxylation is 1. The lowest BCUT2D eigenvalue weighted by Crippen LogP contribution is -2.42. The number of nitrogens with zero attached hydrogens (tertiary/aromatic N) is 2. The van der Waals surface area contributed by atoms with Crippen molar-refractivity contribution < 1.29 is 14.4 Å². The number of carbonyl (C=O) groups is 1. The van der Waals surface area contributed by atoms with Crippen LogP contribution in [-0.4, -0.2) is 34.4 Å². The molecule has 0 fully saturated rings. The number of carbonyl (C=O) groups excluding carboxylic acids is 1. The van der Waals surface area contributed by atoms with Crippen molar-refractivity contribution in [1.82, 2.24) is 4.90 Å². The van der Waals surface area contributed by atoms with Gasteiger partial charge in [0, 0.05) is 11.6 Å². The molecule has 0 aromatic heterocycles. The monoisotopic (exact) mass is 267 g/mol. The number of hydrogen-bond donors (Lipinski definition) is 2. The molecule has 1 aromatic rings. The zero-order chi connectivity index (χ0) is 14.6. The van der Waals surface area contributed by atoms with Gasteiger partial charge in [-0.3, -0.25) is 4.79 Å². The Balaban J connectivity index is 3.02. The number of hydrogen-bond acceptors (Lipinski definition) is 3. The Kier molecular flexibility index (Phi) is 4.86. The number of halogens is 1. The lowest BCUT2D eigenvalue weighted by atomic mass is 10.1. The van der Waals surface area contributed by atoms with E-state index < -0.39 is 0 Å². The van der Waals surface area contributed by atoms with E-state index in [2.05, 4.69) is 5.16 Å². The molecule has 0 aliphatic carbocycles. The predicted octanol–water partition coefficient (Wildman–Crippen LogP) is 1.73. The highest BCUT2D eigenvalue weighted by molar-refractivity contribution is 5.97. The quantitative estimate of drug-likeness (QED) is 0.377. The van der Waals surface area contributed by atoms with E-state index in [9.17, 15) is 9.18 Å². The van der Waals surface area contributed by atoms with E-state index in [-0.39, 0.29) is 30.1 Å². The van der Waals surface area contributed by atoms with Crippen molar-refractivity contribution in [2.75, 3.05) is 6.54 Å². The molecule has 6 heteroatoms. The first-order valence-electron chi connectivity index (χ1n) is 5.90. The fourth-order valence-electron chi connectivity index (χ4n) is 1.64. The molecular formula is C13H18FN3O2. The number of amidine groups is 1. The fraction of sp³-hybridized carbons (Fsp3) is 0.385. The summed E-state index contributed by atoms with van der Waals surface area (Å²) in [6.45, 7) is 5.25. The molecule has 0 unspecified atom stereocenters. The number of benzene rings is 1. The maximum absolute atomic E-state index is 13.2. The molecule has 0 atom stereocenters. The van der Waals surface area contributed by atoms with Crippen LogP contribution in [0.1, 0.15) is 29.8 Å². The molecular weight excluding hydrogens is 249 g/mol. The van der Waals surface area contributed by atoms with Crippen LogP contribution in [0.5, 0.6) is 0 Å². The Morgan fingerprint density at radius 2 is 2.16 bits per heavy atom. The normalized spacial score (nSPS) is 11.7. The maximum Gasteiger partial charge on any atom is 0.254 e. The predicted molar refractivity (Wildman–Crippen MR) is 70.7 cm³/mol. The zero-order valence-corrected chi connectivity index (χ0v) is 11.2. The molecule has 0 spiro atoms. The standard InChI is InChI=1S/C13H18FN3O2/c1-8(2)17(7-12(15)16-19)13(18)10-4-5-11(14)9(3)6-10/h4-6,8,19H,7H2,1-3H3,(H2,15,16). The molecule has 0 aliphatic rings. The second-order valence-corrected chi connectivity index (χ2v) is 4.58. The minimum absolute atomic E-state index is 0.0173. The molecule has 104 valence electrons. The van der Waals surface area contributed by atoms with Crippen LogP contribution in [0, 0.1) is 12.7 Å². The van der Waals surface area contributed by atoms with Crippen molar-refractivity contribution in [3.63, 3.8) is 0 Å². The second-order valence-electron chi connectivity index (χ2n) is 4.58. The van der Waals surface area contributed by atoms with Crippen LogP contribution in [0.2, 0.25) is 0 Å². The van der Waals surface area contributed by atoms with Gasteiger partial charge in [-0.05, 0) is 44.5 Å². The van der Waals surface area contributed by atoms with Crippen molar-refractivity contribution in [2.24, 2.45) is 10.9 Å². The van der Waals surface area contributed by atoms with Gasteiger partial charge in [0.15, 0.2) is 5.84 Å². The minimum atomic E-state index is -0.357. The fourth-order valence-corrected chi connectivity index (χ4v) is 1.64. The van der Waals surface area contributed by atoms with Gasteiger partial charge in [-0.25, -0.2) is 4.39 Å². The van der Waals surface area contributed by atoms with Gasteiger partial charge in [0.25, 0.3) is 5.91 Å². The summed E-state index contributed by atoms with van der Waals surface area (Å²) < 4.78 is 13.2. The van der Waals surface area contributed by atoms with Crippen LogP contribution in [0.3, 0.4) is 0 Å². The number of nitrogens with two attached hydrogens (primary N) is 1. The van der Waals surface area contributed by atoms with Gasteiger partial charge in [-0.2, -0.15) is 0 Å². The Labute approximate surface area is 111 Å². The van der Waals surface area contributed by atoms with Crippen LogP contribution in [0.25, 0.3) is 0 Å². The highest BCUT2D eigenvalue weighted by atomic mass is 19.1. The Morgan fingerprint density at radius 3 is 2.63 bits per heavy atom. The smallest absolute Gasteiger partial charge is 0.254 e. The molecule has 0 saturated carbocycles. The molecule has 0 bridgehead atoms. The molecule has 0 saturated heterocycles. The Hall–Kier alpha value is -2.11. The lowest BCUT2D eigenvalue weighted by molar-refractivity contribution is 0.0734. The third-order valence-electron chi connectivity index (χ3n) is 2.75. The van der Waals surface area contributed by atoms with Gasteiger partial charge >= 0.3 is 0 Å². The van der Waals surface area contributed by atoms with E-state index in [1.165, 1.54) is 23.1 Å². The highest BCUT2D eigenvalue weighted by Gasteiger charge is 2.20. The van der Waals surface area contributed by atoms with Crippen molar-refractivity contribution in [3.05, 3.63) is 35.1 Å². The first-order valence-corrected chi connectivity index (χ1v) is 5.90. The molecule has 1 rings (SSSR count). The van der Waals surface area contributed by atoms with Gasteiger partial charge in [0.1, 0.15) is 5.82 Å². The molecule has 19 heavy (non-hydrogen) atoms. The van der Waals surface area contributed by atoms with E-state index >= 15 is 0 Å². The Morgan fingerprint density at radius 1 is 1.53 bits per heavy atom. The van der Waals surface area contributed by atoms with Gasteiger partial charge in [-0.15, -0.1) is 0 Å². The summed E-state index contributed by atoms with van der Waals surface area (Å²) in [4.78, 5) is 13.8. The number of rotatable bonds is 4. The van der Waals surface area contributed by atoms with E-state index in [1.54, 1.807) is 6.92 Å². The molecule has 1 amide bonds. The van der Waals surface area contributed by atoms with Crippen molar-refractivity contribution in [1.29, 1.82) is 0 Å². The largest absolute Gasteiger partial charge is 0.409 e. The van der Waals surface area contributed by atoms with Crippen LogP contribution < -0.4 is 5.73 Å². The van der Waals surface area contributed by atoms with Crippen molar-refractivity contribution >= 4 is 11.7 Å².